The van der Waals surface area contributed by atoms with E-state index in [4.69, 9.17) is 14.5 Å². The predicted octanol–water partition coefficient (Wildman–Crippen LogP) is 3.88. The van der Waals surface area contributed by atoms with Gasteiger partial charge in [-0.05, 0) is 77.6 Å². The summed E-state index contributed by atoms with van der Waals surface area (Å²) in [6, 6.07) is 19.6. The van der Waals surface area contributed by atoms with E-state index in [0.717, 1.165) is 45.0 Å². The Bertz CT molecular complexity index is 2030. The second kappa shape index (κ2) is 21.7. The number of halogens is 2. The number of pyridine rings is 1. The number of fused-ring (bicyclic) bond motifs is 3. The number of aromatic nitrogens is 1. The Kier molecular flexibility index (Phi) is 17.8. The molecule has 4 aromatic rings. The average Bonchev–Trinajstić information content (AvgIpc) is 3.32. The molecule has 1 aliphatic rings. The number of esters is 1. The summed E-state index contributed by atoms with van der Waals surface area (Å²) in [5.74, 6) is -2.56. The number of nitrogens with zero attached hydrogens (tertiary/aromatic N) is 1. The van der Waals surface area contributed by atoms with Crippen LogP contribution < -0.4 is 39.4 Å². The van der Waals surface area contributed by atoms with E-state index in [1.807, 2.05) is 38.1 Å². The van der Waals surface area contributed by atoms with Crippen molar-refractivity contribution in [1.82, 2.24) is 4.98 Å². The molecule has 0 saturated carbocycles. The number of carbonyl (C=O) groups excluding carboxylic acids is 3. The van der Waals surface area contributed by atoms with Crippen molar-refractivity contribution in [1.29, 1.82) is 0 Å². The molecule has 1 aromatic heterocycles. The Labute approximate surface area is 348 Å². The molecule has 2 heterocycles. The maximum atomic E-state index is 13.8. The van der Waals surface area contributed by atoms with Crippen molar-refractivity contribution in [2.45, 2.75) is 72.0 Å². The van der Waals surface area contributed by atoms with Gasteiger partial charge in [0.1, 0.15) is 23.0 Å². The molecule has 0 amide bonds. The monoisotopic (exact) mass is 777 g/mol. The van der Waals surface area contributed by atoms with Crippen LogP contribution in [0.25, 0.3) is 34.5 Å². The van der Waals surface area contributed by atoms with Crippen molar-refractivity contribution < 1.29 is 77.5 Å². The van der Waals surface area contributed by atoms with Crippen molar-refractivity contribution in [3.05, 3.63) is 118 Å². The van der Waals surface area contributed by atoms with Gasteiger partial charge in [0, 0.05) is 42.3 Å². The summed E-state index contributed by atoms with van der Waals surface area (Å²) in [4.78, 5) is 39.6. The molecule has 1 aliphatic heterocycles. The number of aliphatic hydroxyl groups excluding tert-OH is 2. The molecular weight excluding hydrogens is 731 g/mol. The SMILES string of the molecule is CC(C)c1nc2c(c(-c3ccc(F)cc3)c1/C=C/[C@@H](O)C[C@@H](O)CC(=O)[O-])CCOc1ccccc1-2.CCOC(=O)C(=Cc1ccc(F)cc1)C(=O)C(C)C.[Na+]. The van der Waals surface area contributed by atoms with E-state index in [0.29, 0.717) is 18.6 Å². The molecule has 0 saturated heterocycles. The van der Waals surface area contributed by atoms with Crippen molar-refractivity contribution in [3.8, 4) is 28.1 Å². The first-order chi connectivity index (χ1) is 26.2. The van der Waals surface area contributed by atoms with Gasteiger partial charge in [0.25, 0.3) is 0 Å². The number of aliphatic carboxylic acids is 1. The first kappa shape index (κ1) is 45.9. The summed E-state index contributed by atoms with van der Waals surface area (Å²) in [5, 5.41) is 31.1. The van der Waals surface area contributed by atoms with E-state index in [2.05, 4.69) is 0 Å². The van der Waals surface area contributed by atoms with E-state index < -0.39 is 30.6 Å². The maximum Gasteiger partial charge on any atom is 1.00 e. The minimum atomic E-state index is -1.38. The number of carbonyl (C=O) groups is 3. The molecule has 0 aliphatic carbocycles. The van der Waals surface area contributed by atoms with Crippen LogP contribution in [0.4, 0.5) is 8.78 Å². The largest absolute Gasteiger partial charge is 1.00 e. The molecule has 0 bridgehead atoms. The molecule has 0 radical (unpaired) electrons. The zero-order valence-corrected chi connectivity index (χ0v) is 34.6. The average molecular weight is 778 g/mol. The Morgan fingerprint density at radius 2 is 1.57 bits per heavy atom. The number of carboxylic acids is 1. The number of Topliss-reactive ketones (excluding diaryl/α,β-unsaturated/α-hetero) is 1. The van der Waals surface area contributed by atoms with Gasteiger partial charge in [-0.25, -0.2) is 13.6 Å². The standard InChI is InChI=1S/C29H30FNO5.C15H17FO3.Na/c1-17(2)28-23(12-11-20(32)15-21(33)16-26(34)35)27(18-7-9-19(30)10-8-18)24-13-14-36-25-6-4-3-5-22(25)29(24)31-28;1-4-19-15(18)13(14(17)10(2)3)9-11-5-7-12(16)8-6-11;/h3-12,17,20-21,32-33H,13-16H2,1-2H3,(H,34,35);5-10H,4H2,1-3H3;/q;;+1/p-1/b12-11+;;/t20-,21-;;/m1../s1. The first-order valence-corrected chi connectivity index (χ1v) is 18.2. The van der Waals surface area contributed by atoms with Gasteiger partial charge in [-0.3, -0.25) is 9.78 Å². The van der Waals surface area contributed by atoms with Gasteiger partial charge in [0.05, 0.1) is 36.8 Å². The number of hydrogen-bond acceptors (Lipinski definition) is 9. The van der Waals surface area contributed by atoms with Gasteiger partial charge >= 0.3 is 35.5 Å². The van der Waals surface area contributed by atoms with Crippen LogP contribution in [0, 0.1) is 17.6 Å². The van der Waals surface area contributed by atoms with Crippen LogP contribution in [-0.4, -0.2) is 58.3 Å². The minimum Gasteiger partial charge on any atom is -0.550 e. The summed E-state index contributed by atoms with van der Waals surface area (Å²) in [6.07, 6.45) is 2.29. The minimum absolute atomic E-state index is 0. The van der Waals surface area contributed by atoms with Crippen molar-refractivity contribution in [2.24, 2.45) is 5.92 Å². The third kappa shape index (κ3) is 12.5. The third-order valence-corrected chi connectivity index (χ3v) is 8.66. The molecule has 0 spiro atoms. The van der Waals surface area contributed by atoms with Gasteiger partial charge < -0.3 is 29.6 Å². The van der Waals surface area contributed by atoms with Gasteiger partial charge in [-0.2, -0.15) is 0 Å². The van der Waals surface area contributed by atoms with Gasteiger partial charge in [0.15, 0.2) is 5.78 Å². The summed E-state index contributed by atoms with van der Waals surface area (Å²) < 4.78 is 37.5. The van der Waals surface area contributed by atoms with E-state index >= 15 is 0 Å². The smallest absolute Gasteiger partial charge is 0.550 e. The number of hydrogen-bond donors (Lipinski definition) is 2. The van der Waals surface area contributed by atoms with Gasteiger partial charge in [0.2, 0.25) is 0 Å². The number of para-hydroxylation sites is 1. The van der Waals surface area contributed by atoms with Crippen LogP contribution in [0.2, 0.25) is 0 Å². The Morgan fingerprint density at radius 1 is 0.946 bits per heavy atom. The van der Waals surface area contributed by atoms with Crippen LogP contribution >= 0.6 is 0 Å². The molecule has 12 heteroatoms. The van der Waals surface area contributed by atoms with Gasteiger partial charge in [-0.1, -0.05) is 76.2 Å². The zero-order valence-electron chi connectivity index (χ0n) is 32.6. The quantitative estimate of drug-likeness (QED) is 0.0680. The summed E-state index contributed by atoms with van der Waals surface area (Å²) in [6.45, 7) is 9.79. The predicted molar refractivity (Wildman–Crippen MR) is 204 cm³/mol. The number of benzene rings is 3. The Morgan fingerprint density at radius 3 is 2.16 bits per heavy atom. The molecule has 290 valence electrons. The summed E-state index contributed by atoms with van der Waals surface area (Å²) in [7, 11) is 0. The van der Waals surface area contributed by atoms with Crippen molar-refractivity contribution in [3.63, 3.8) is 0 Å². The van der Waals surface area contributed by atoms with E-state index in [1.54, 1.807) is 39.0 Å². The molecular formula is C44H46F2NNaO8. The number of rotatable bonds is 13. The Hall–Kier alpha value is -4.52. The molecule has 0 unspecified atom stereocenters. The molecule has 0 fully saturated rings. The molecule has 2 N–H and O–H groups in total. The number of ether oxygens (including phenoxy) is 2. The van der Waals surface area contributed by atoms with E-state index in [-0.39, 0.29) is 77.4 Å². The summed E-state index contributed by atoms with van der Waals surface area (Å²) in [5.41, 5.74) is 6.49. The molecule has 9 nitrogen and oxygen atoms in total. The summed E-state index contributed by atoms with van der Waals surface area (Å²) >= 11 is 0. The normalized spacial score (nSPS) is 13.3. The van der Waals surface area contributed by atoms with Crippen LogP contribution in [-0.2, 0) is 25.5 Å². The fraction of sp³-hybridized carbons (Fsp3) is 0.318. The van der Waals surface area contributed by atoms with Crippen LogP contribution in [0.3, 0.4) is 0 Å². The third-order valence-electron chi connectivity index (χ3n) is 8.66. The van der Waals surface area contributed by atoms with Gasteiger partial charge in [-0.15, -0.1) is 0 Å². The molecule has 3 aromatic carbocycles. The second-order valence-corrected chi connectivity index (χ2v) is 13.6. The second-order valence-electron chi connectivity index (χ2n) is 13.6. The first-order valence-electron chi connectivity index (χ1n) is 18.2. The van der Waals surface area contributed by atoms with E-state index in [1.165, 1.54) is 48.6 Å². The molecule has 2 atom stereocenters. The number of ketones is 1. The van der Waals surface area contributed by atoms with Crippen LogP contribution in [0.1, 0.15) is 75.8 Å². The topological polar surface area (TPSA) is 146 Å². The van der Waals surface area contributed by atoms with Crippen molar-refractivity contribution in [2.75, 3.05) is 13.2 Å². The Balaban J connectivity index is 0.000000357. The number of aliphatic hydroxyl groups is 2. The molecule has 5 rings (SSSR count). The van der Waals surface area contributed by atoms with Crippen LogP contribution in [0.15, 0.2) is 84.4 Å². The maximum absolute atomic E-state index is 13.8. The molecule has 56 heavy (non-hydrogen) atoms. The fourth-order valence-corrected chi connectivity index (χ4v) is 6.05. The zero-order chi connectivity index (χ0) is 40.2. The fourth-order valence-electron chi connectivity index (χ4n) is 6.05. The van der Waals surface area contributed by atoms with E-state index in [9.17, 15) is 38.5 Å². The number of carboxylic acid groups (broad SMARTS) is 1. The van der Waals surface area contributed by atoms with Crippen LogP contribution in [0.5, 0.6) is 5.75 Å². The van der Waals surface area contributed by atoms with Crippen molar-refractivity contribution >= 4 is 29.9 Å².